The van der Waals surface area contributed by atoms with Crippen molar-refractivity contribution in [3.63, 3.8) is 0 Å². The van der Waals surface area contributed by atoms with Gasteiger partial charge in [-0.15, -0.1) is 0 Å². The average Bonchev–Trinajstić information content (AvgIpc) is 2.89. The summed E-state index contributed by atoms with van der Waals surface area (Å²) in [6.07, 6.45) is -0.236. The smallest absolute Gasteiger partial charge is 0.407 e. The zero-order valence-electron chi connectivity index (χ0n) is 12.3. The molecule has 23 heavy (non-hydrogen) atoms. The molecular formula is C17H15N3O3. The summed E-state index contributed by atoms with van der Waals surface area (Å²) < 4.78 is 1.65. The SMILES string of the molecule is O=C(O)N1CCc2cc(-n3c(=O)[nH]c4ccccc43)ccc2C1. The van der Waals surface area contributed by atoms with E-state index in [1.165, 1.54) is 4.90 Å². The molecule has 2 heterocycles. The summed E-state index contributed by atoms with van der Waals surface area (Å²) >= 11 is 0. The van der Waals surface area contributed by atoms with Crippen LogP contribution in [-0.4, -0.2) is 32.2 Å². The van der Waals surface area contributed by atoms with Crippen LogP contribution in [0.2, 0.25) is 0 Å². The van der Waals surface area contributed by atoms with Crippen LogP contribution in [0, 0.1) is 0 Å². The summed E-state index contributed by atoms with van der Waals surface area (Å²) in [6, 6.07) is 13.3. The van der Waals surface area contributed by atoms with Gasteiger partial charge >= 0.3 is 11.8 Å². The largest absolute Gasteiger partial charge is 0.465 e. The van der Waals surface area contributed by atoms with E-state index in [2.05, 4.69) is 4.98 Å². The number of rotatable bonds is 1. The summed E-state index contributed by atoms with van der Waals surface area (Å²) in [6.45, 7) is 0.877. The Hall–Kier alpha value is -3.02. The fourth-order valence-electron chi connectivity index (χ4n) is 3.15. The molecule has 0 saturated heterocycles. The molecule has 1 aliphatic heterocycles. The van der Waals surface area contributed by atoms with Crippen molar-refractivity contribution < 1.29 is 9.90 Å². The predicted molar refractivity (Wildman–Crippen MR) is 86.0 cm³/mol. The molecule has 0 fully saturated rings. The summed E-state index contributed by atoms with van der Waals surface area (Å²) in [5.74, 6) is 0. The number of hydrogen-bond acceptors (Lipinski definition) is 2. The number of carbonyl (C=O) groups is 1. The fourth-order valence-corrected chi connectivity index (χ4v) is 3.15. The van der Waals surface area contributed by atoms with Crippen molar-refractivity contribution in [1.29, 1.82) is 0 Å². The molecule has 116 valence electrons. The van der Waals surface area contributed by atoms with E-state index in [-0.39, 0.29) is 5.69 Å². The third-order valence-electron chi connectivity index (χ3n) is 4.32. The highest BCUT2D eigenvalue weighted by Crippen LogP contribution is 2.23. The van der Waals surface area contributed by atoms with Gasteiger partial charge in [0.05, 0.1) is 16.7 Å². The van der Waals surface area contributed by atoms with Gasteiger partial charge in [-0.2, -0.15) is 0 Å². The zero-order chi connectivity index (χ0) is 16.0. The van der Waals surface area contributed by atoms with Crippen LogP contribution in [0.15, 0.2) is 47.3 Å². The van der Waals surface area contributed by atoms with Crippen molar-refractivity contribution in [3.05, 3.63) is 64.1 Å². The molecule has 2 N–H and O–H groups in total. The highest BCUT2D eigenvalue weighted by Gasteiger charge is 2.20. The maximum Gasteiger partial charge on any atom is 0.407 e. The van der Waals surface area contributed by atoms with Crippen LogP contribution in [0.5, 0.6) is 0 Å². The lowest BCUT2D eigenvalue weighted by Crippen LogP contribution is -2.34. The second kappa shape index (κ2) is 5.01. The number of carboxylic acid groups (broad SMARTS) is 1. The molecular weight excluding hydrogens is 294 g/mol. The number of benzene rings is 2. The summed E-state index contributed by atoms with van der Waals surface area (Å²) in [4.78, 5) is 27.6. The molecule has 4 rings (SSSR count). The number of imidazole rings is 1. The van der Waals surface area contributed by atoms with Crippen LogP contribution in [-0.2, 0) is 13.0 Å². The third kappa shape index (κ3) is 2.19. The van der Waals surface area contributed by atoms with Crippen LogP contribution in [0.1, 0.15) is 11.1 Å². The van der Waals surface area contributed by atoms with Gasteiger partial charge in [0.15, 0.2) is 0 Å². The van der Waals surface area contributed by atoms with Gasteiger partial charge in [-0.05, 0) is 41.8 Å². The molecule has 0 saturated carbocycles. The van der Waals surface area contributed by atoms with Crippen molar-refractivity contribution in [2.24, 2.45) is 0 Å². The van der Waals surface area contributed by atoms with Gasteiger partial charge in [-0.25, -0.2) is 9.59 Å². The van der Waals surface area contributed by atoms with Crippen LogP contribution in [0.3, 0.4) is 0 Å². The van der Waals surface area contributed by atoms with E-state index in [0.29, 0.717) is 19.5 Å². The van der Waals surface area contributed by atoms with E-state index in [9.17, 15) is 9.59 Å². The number of nitrogens with one attached hydrogen (secondary N) is 1. The second-order valence-corrected chi connectivity index (χ2v) is 5.69. The van der Waals surface area contributed by atoms with Crippen molar-refractivity contribution in [3.8, 4) is 5.69 Å². The lowest BCUT2D eigenvalue weighted by molar-refractivity contribution is 0.140. The highest BCUT2D eigenvalue weighted by atomic mass is 16.4. The molecule has 0 atom stereocenters. The minimum atomic E-state index is -0.896. The molecule has 0 radical (unpaired) electrons. The van der Waals surface area contributed by atoms with Gasteiger partial charge in [0.2, 0.25) is 0 Å². The Morgan fingerprint density at radius 3 is 2.78 bits per heavy atom. The van der Waals surface area contributed by atoms with Gasteiger partial charge in [0.25, 0.3) is 0 Å². The average molecular weight is 309 g/mol. The maximum absolute atomic E-state index is 12.3. The summed E-state index contributed by atoms with van der Waals surface area (Å²) in [5.41, 5.74) is 4.35. The quantitative estimate of drug-likeness (QED) is 0.724. The number of amides is 1. The molecule has 6 heteroatoms. The van der Waals surface area contributed by atoms with Gasteiger partial charge < -0.3 is 15.0 Å². The number of H-pyrrole nitrogens is 1. The van der Waals surface area contributed by atoms with E-state index < -0.39 is 6.09 Å². The first-order chi connectivity index (χ1) is 11.1. The van der Waals surface area contributed by atoms with Crippen molar-refractivity contribution in [2.45, 2.75) is 13.0 Å². The Balaban J connectivity index is 1.81. The summed E-state index contributed by atoms with van der Waals surface area (Å²) in [7, 11) is 0. The molecule has 0 aliphatic carbocycles. The van der Waals surface area contributed by atoms with Gasteiger partial charge in [0, 0.05) is 13.1 Å². The summed E-state index contributed by atoms with van der Waals surface area (Å²) in [5, 5.41) is 9.10. The van der Waals surface area contributed by atoms with Gasteiger partial charge in [-0.1, -0.05) is 18.2 Å². The predicted octanol–water partition coefficient (Wildman–Crippen LogP) is 2.35. The fraction of sp³-hybridized carbons (Fsp3) is 0.176. The number of hydrogen-bond donors (Lipinski definition) is 2. The van der Waals surface area contributed by atoms with E-state index in [0.717, 1.165) is 27.8 Å². The van der Waals surface area contributed by atoms with Crippen molar-refractivity contribution in [1.82, 2.24) is 14.5 Å². The van der Waals surface area contributed by atoms with Gasteiger partial charge in [0.1, 0.15) is 0 Å². The van der Waals surface area contributed by atoms with E-state index in [1.807, 2.05) is 42.5 Å². The standard InChI is InChI=1S/C17H15N3O3/c21-16-18-14-3-1-2-4-15(14)20(16)13-6-5-12-10-19(17(22)23)8-7-11(12)9-13/h1-6,9H,7-8,10H2,(H,18,21)(H,22,23). The monoisotopic (exact) mass is 309 g/mol. The van der Waals surface area contributed by atoms with Crippen molar-refractivity contribution >= 4 is 17.1 Å². The molecule has 6 nitrogen and oxygen atoms in total. The normalized spacial score (nSPS) is 14.0. The minimum Gasteiger partial charge on any atom is -0.465 e. The van der Waals surface area contributed by atoms with E-state index >= 15 is 0 Å². The molecule has 0 unspecified atom stereocenters. The lowest BCUT2D eigenvalue weighted by atomic mass is 9.99. The molecule has 0 bridgehead atoms. The number of nitrogens with zero attached hydrogens (tertiary/aromatic N) is 2. The number of aromatic amines is 1. The van der Waals surface area contributed by atoms with Crippen LogP contribution >= 0.6 is 0 Å². The van der Waals surface area contributed by atoms with E-state index in [1.54, 1.807) is 4.57 Å². The molecule has 3 aromatic rings. The second-order valence-electron chi connectivity index (χ2n) is 5.69. The zero-order valence-corrected chi connectivity index (χ0v) is 12.3. The first-order valence-corrected chi connectivity index (χ1v) is 7.43. The molecule has 0 spiro atoms. The topological polar surface area (TPSA) is 78.3 Å². The van der Waals surface area contributed by atoms with Crippen LogP contribution < -0.4 is 5.69 Å². The Morgan fingerprint density at radius 2 is 1.96 bits per heavy atom. The van der Waals surface area contributed by atoms with E-state index in [4.69, 9.17) is 5.11 Å². The molecule has 2 aromatic carbocycles. The highest BCUT2D eigenvalue weighted by molar-refractivity contribution is 5.77. The Bertz CT molecular complexity index is 971. The Labute approximate surface area is 131 Å². The molecule has 1 aliphatic rings. The maximum atomic E-state index is 12.3. The van der Waals surface area contributed by atoms with Crippen LogP contribution in [0.4, 0.5) is 4.79 Å². The Kier molecular flexibility index (Phi) is 2.97. The number of para-hydroxylation sites is 2. The Morgan fingerprint density at radius 1 is 1.13 bits per heavy atom. The molecule has 1 amide bonds. The van der Waals surface area contributed by atoms with Crippen molar-refractivity contribution in [2.75, 3.05) is 6.54 Å². The number of aromatic nitrogens is 2. The van der Waals surface area contributed by atoms with Gasteiger partial charge in [-0.3, -0.25) is 4.57 Å². The van der Waals surface area contributed by atoms with Crippen LogP contribution in [0.25, 0.3) is 16.7 Å². The third-order valence-corrected chi connectivity index (χ3v) is 4.32. The first-order valence-electron chi connectivity index (χ1n) is 7.43. The molecule has 1 aromatic heterocycles. The number of fused-ring (bicyclic) bond motifs is 2. The lowest BCUT2D eigenvalue weighted by Gasteiger charge is -2.26. The minimum absolute atomic E-state index is 0.172. The first kappa shape index (κ1) is 13.6.